The van der Waals surface area contributed by atoms with Crippen LogP contribution in [0.5, 0.6) is 0 Å². The van der Waals surface area contributed by atoms with Gasteiger partial charge in [-0.25, -0.2) is 4.98 Å². The summed E-state index contributed by atoms with van der Waals surface area (Å²) in [5.41, 5.74) is 15.0. The van der Waals surface area contributed by atoms with Crippen LogP contribution in [0.15, 0.2) is 53.9 Å². The number of nitrogens with zero attached hydrogens (tertiary/aromatic N) is 3. The molecule has 0 radical (unpaired) electrons. The third-order valence-corrected chi connectivity index (χ3v) is 7.92. The zero-order valence-corrected chi connectivity index (χ0v) is 23.2. The summed E-state index contributed by atoms with van der Waals surface area (Å²) in [6.07, 6.45) is 12.1. The highest BCUT2D eigenvalue weighted by Gasteiger charge is 2.33. The van der Waals surface area contributed by atoms with Gasteiger partial charge in [-0.3, -0.25) is 9.99 Å². The van der Waals surface area contributed by atoms with E-state index in [-0.39, 0.29) is 11.5 Å². The first kappa shape index (κ1) is 24.8. The Morgan fingerprint density at radius 1 is 1.26 bits per heavy atom. The number of thiazole rings is 1. The van der Waals surface area contributed by atoms with Crippen LogP contribution in [0.1, 0.15) is 50.8 Å². The Kier molecular flexibility index (Phi) is 6.31. The van der Waals surface area contributed by atoms with E-state index in [0.29, 0.717) is 22.1 Å². The lowest BCUT2D eigenvalue weighted by molar-refractivity contribution is 0.260. The van der Waals surface area contributed by atoms with Gasteiger partial charge in [-0.1, -0.05) is 50.4 Å². The molecule has 1 aliphatic heterocycles. The van der Waals surface area contributed by atoms with Gasteiger partial charge < -0.3 is 16.1 Å². The minimum absolute atomic E-state index is 0.0701. The van der Waals surface area contributed by atoms with Gasteiger partial charge in [0.2, 0.25) is 0 Å². The number of pyridine rings is 1. The van der Waals surface area contributed by atoms with E-state index < -0.39 is 0 Å². The van der Waals surface area contributed by atoms with Gasteiger partial charge in [-0.15, -0.1) is 23.3 Å². The predicted molar refractivity (Wildman–Crippen MR) is 158 cm³/mol. The second-order valence-corrected chi connectivity index (χ2v) is 12.3. The molecular formula is C29H30ClN7S. The van der Waals surface area contributed by atoms with Gasteiger partial charge in [0.1, 0.15) is 0 Å². The minimum Gasteiger partial charge on any atom is -0.383 e. The van der Waals surface area contributed by atoms with Crippen molar-refractivity contribution in [1.82, 2.24) is 25.9 Å². The molecule has 0 unspecified atom stereocenters. The van der Waals surface area contributed by atoms with Crippen molar-refractivity contribution in [2.45, 2.75) is 45.7 Å². The second-order valence-electron chi connectivity index (χ2n) is 11.0. The zero-order chi connectivity index (χ0) is 26.4. The first-order valence-electron chi connectivity index (χ1n) is 12.7. The Balaban J connectivity index is 1.44. The second kappa shape index (κ2) is 9.66. The zero-order valence-electron chi connectivity index (χ0n) is 21.6. The maximum absolute atomic E-state index is 6.82. The summed E-state index contributed by atoms with van der Waals surface area (Å²) >= 11 is 8.46. The average Bonchev–Trinajstić information content (AvgIpc) is 3.41. The van der Waals surface area contributed by atoms with Crippen LogP contribution in [-0.4, -0.2) is 27.6 Å². The lowest BCUT2D eigenvalue weighted by Gasteiger charge is -2.24. The smallest absolute Gasteiger partial charge is 0.0958 e. The molecule has 4 N–H and O–H groups in total. The molecule has 9 heteroatoms. The highest BCUT2D eigenvalue weighted by Crippen LogP contribution is 2.38. The number of benzene rings is 2. The summed E-state index contributed by atoms with van der Waals surface area (Å²) in [5.74, 6) is 2.79. The van der Waals surface area contributed by atoms with Gasteiger partial charge in [0.15, 0.2) is 0 Å². The summed E-state index contributed by atoms with van der Waals surface area (Å²) in [5, 5.41) is 10.9. The van der Waals surface area contributed by atoms with E-state index in [1.807, 2.05) is 17.6 Å². The summed E-state index contributed by atoms with van der Waals surface area (Å²) < 4.78 is 1.15. The van der Waals surface area contributed by atoms with Crippen LogP contribution >= 0.6 is 22.9 Å². The molecule has 1 fully saturated rings. The van der Waals surface area contributed by atoms with Crippen LogP contribution in [-0.2, 0) is 0 Å². The van der Waals surface area contributed by atoms with Crippen LogP contribution in [0.2, 0.25) is 5.02 Å². The molecule has 3 heterocycles. The topological polar surface area (TPSA) is 77.1 Å². The van der Waals surface area contributed by atoms with Crippen molar-refractivity contribution >= 4 is 55.4 Å². The molecule has 38 heavy (non-hydrogen) atoms. The fourth-order valence-corrected chi connectivity index (χ4v) is 5.76. The van der Waals surface area contributed by atoms with Crippen molar-refractivity contribution in [3.63, 3.8) is 0 Å². The van der Waals surface area contributed by atoms with Crippen molar-refractivity contribution < 1.29 is 0 Å². The molecule has 194 valence electrons. The number of hydrogen-bond donors (Lipinski definition) is 4. The SMILES string of the molecule is C#Cc1cnc2c(Cl)cc(N[C@H](C3=CN(C4CC4)NN3)c3cccc4ncsc34)cc2c1NCC(C)(C)C. The van der Waals surface area contributed by atoms with Crippen molar-refractivity contribution in [3.8, 4) is 12.3 Å². The molecule has 1 atom stereocenters. The van der Waals surface area contributed by atoms with Crippen LogP contribution in [0, 0.1) is 17.8 Å². The van der Waals surface area contributed by atoms with Gasteiger partial charge >= 0.3 is 0 Å². The highest BCUT2D eigenvalue weighted by atomic mass is 35.5. The quantitative estimate of drug-likeness (QED) is 0.200. The van der Waals surface area contributed by atoms with Gasteiger partial charge in [0.25, 0.3) is 0 Å². The number of halogens is 1. The number of terminal acetylenes is 1. The Hall–Kier alpha value is -3.51. The number of rotatable bonds is 7. The highest BCUT2D eigenvalue weighted by molar-refractivity contribution is 7.17. The number of anilines is 2. The van der Waals surface area contributed by atoms with E-state index in [0.717, 1.165) is 44.8 Å². The van der Waals surface area contributed by atoms with E-state index >= 15 is 0 Å². The molecule has 0 saturated heterocycles. The van der Waals surface area contributed by atoms with Crippen LogP contribution in [0.3, 0.4) is 0 Å². The van der Waals surface area contributed by atoms with Crippen LogP contribution in [0.25, 0.3) is 21.1 Å². The normalized spacial score (nSPS) is 16.3. The molecule has 1 aliphatic carbocycles. The van der Waals surface area contributed by atoms with E-state index in [1.165, 1.54) is 12.8 Å². The Morgan fingerprint density at radius 2 is 2.11 bits per heavy atom. The Morgan fingerprint density at radius 3 is 2.87 bits per heavy atom. The lowest BCUT2D eigenvalue weighted by Crippen LogP contribution is -2.38. The number of hydrazine groups is 2. The van der Waals surface area contributed by atoms with E-state index in [4.69, 9.17) is 18.0 Å². The first-order valence-corrected chi connectivity index (χ1v) is 14.0. The van der Waals surface area contributed by atoms with Crippen molar-refractivity contribution in [2.75, 3.05) is 17.2 Å². The Labute approximate surface area is 231 Å². The molecule has 7 nitrogen and oxygen atoms in total. The standard InChI is InChI=1S/C29H30ClN7S/c1-5-17-13-31-26-21(25(17)32-15-29(2,3)4)11-18(12-22(26)30)34-27(24-14-37(36-35-24)19-9-10-19)20-7-6-8-23-28(20)38-16-33-23/h1,6-8,11-14,16,19,27,34-36H,9-10,15H2,2-4H3,(H,31,32)/t27-/m0/s1. The fourth-order valence-electron chi connectivity index (χ4n) is 4.66. The number of aromatic nitrogens is 2. The molecule has 4 aromatic rings. The van der Waals surface area contributed by atoms with Gasteiger partial charge in [0, 0.05) is 36.1 Å². The van der Waals surface area contributed by atoms with E-state index in [9.17, 15) is 0 Å². The summed E-state index contributed by atoms with van der Waals surface area (Å²) in [6, 6.07) is 10.6. The van der Waals surface area contributed by atoms with Crippen molar-refractivity contribution in [2.24, 2.45) is 5.41 Å². The van der Waals surface area contributed by atoms with Gasteiger partial charge in [-0.05, 0) is 42.0 Å². The molecule has 6 rings (SSSR count). The van der Waals surface area contributed by atoms with E-state index in [1.54, 1.807) is 17.5 Å². The lowest BCUT2D eigenvalue weighted by atomic mass is 9.96. The third-order valence-electron chi connectivity index (χ3n) is 6.74. The van der Waals surface area contributed by atoms with Crippen LogP contribution in [0.4, 0.5) is 11.4 Å². The van der Waals surface area contributed by atoms with E-state index in [2.05, 4.69) is 87.7 Å². The summed E-state index contributed by atoms with van der Waals surface area (Å²) in [4.78, 5) is 9.14. The summed E-state index contributed by atoms with van der Waals surface area (Å²) in [6.45, 7) is 7.31. The van der Waals surface area contributed by atoms with Gasteiger partial charge in [-0.2, -0.15) is 0 Å². The van der Waals surface area contributed by atoms with Crippen LogP contribution < -0.4 is 21.6 Å². The summed E-state index contributed by atoms with van der Waals surface area (Å²) in [7, 11) is 0. The molecule has 0 bridgehead atoms. The van der Waals surface area contributed by atoms with Crippen molar-refractivity contribution in [3.05, 3.63) is 70.1 Å². The molecule has 1 saturated carbocycles. The molecule has 2 aliphatic rings. The number of hydrogen-bond acceptors (Lipinski definition) is 8. The minimum atomic E-state index is -0.168. The molecule has 0 amide bonds. The Bertz CT molecular complexity index is 1590. The maximum atomic E-state index is 6.82. The maximum Gasteiger partial charge on any atom is 0.0958 e. The largest absolute Gasteiger partial charge is 0.383 e. The fraction of sp³-hybridized carbons (Fsp3) is 0.310. The molecule has 2 aromatic carbocycles. The monoisotopic (exact) mass is 543 g/mol. The predicted octanol–water partition coefficient (Wildman–Crippen LogP) is 6.42. The van der Waals surface area contributed by atoms with Crippen molar-refractivity contribution in [1.29, 1.82) is 0 Å². The molecule has 0 spiro atoms. The average molecular weight is 544 g/mol. The third kappa shape index (κ3) is 4.85. The number of nitrogens with one attached hydrogen (secondary N) is 4. The first-order chi connectivity index (χ1) is 18.3. The molecular weight excluding hydrogens is 514 g/mol. The molecule has 2 aromatic heterocycles. The number of fused-ring (bicyclic) bond motifs is 2. The van der Waals surface area contributed by atoms with Gasteiger partial charge in [0.05, 0.1) is 49.3 Å².